The van der Waals surface area contributed by atoms with Gasteiger partial charge in [-0.2, -0.15) is 0 Å². The van der Waals surface area contributed by atoms with Crippen LogP contribution in [-0.2, 0) is 7.05 Å². The number of hydrogen-bond donors (Lipinski definition) is 0. The second-order valence-corrected chi connectivity index (χ2v) is 6.80. The van der Waals surface area contributed by atoms with Gasteiger partial charge >= 0.3 is 0 Å². The summed E-state index contributed by atoms with van der Waals surface area (Å²) in [6.07, 6.45) is 3.98. The molecule has 1 atom stereocenters. The molecule has 0 N–H and O–H groups in total. The molecule has 2 aromatic heterocycles. The standard InChI is InChI=1S/C20H19FN4O3/c1-24-12-13(9-10-17(24)26)20(27)25-11-5-4-8-16(25)19-23-22-18(28-19)14-6-2-3-7-15(14)21/h2-3,6-7,9-10,12,16H,4-5,8,11H2,1H3/t16-/m0/s1. The van der Waals surface area contributed by atoms with E-state index in [4.69, 9.17) is 4.42 Å². The molecule has 0 aliphatic carbocycles. The fourth-order valence-electron chi connectivity index (χ4n) is 3.43. The number of aryl methyl sites for hydroxylation is 1. The third kappa shape index (κ3) is 3.33. The fourth-order valence-corrected chi connectivity index (χ4v) is 3.43. The molecule has 4 rings (SSSR count). The Hall–Kier alpha value is -3.29. The normalized spacial score (nSPS) is 16.9. The quantitative estimate of drug-likeness (QED) is 0.696. The van der Waals surface area contributed by atoms with Crippen LogP contribution in [0.3, 0.4) is 0 Å². The van der Waals surface area contributed by atoms with Crippen LogP contribution in [0.2, 0.25) is 0 Å². The van der Waals surface area contributed by atoms with Gasteiger partial charge in [-0.3, -0.25) is 9.59 Å². The second-order valence-electron chi connectivity index (χ2n) is 6.80. The van der Waals surface area contributed by atoms with Crippen molar-refractivity contribution in [2.45, 2.75) is 25.3 Å². The summed E-state index contributed by atoms with van der Waals surface area (Å²) in [6.45, 7) is 0.545. The highest BCUT2D eigenvalue weighted by Crippen LogP contribution is 2.33. The van der Waals surface area contributed by atoms with Crippen LogP contribution in [0.4, 0.5) is 4.39 Å². The predicted molar refractivity (Wildman–Crippen MR) is 99.0 cm³/mol. The van der Waals surface area contributed by atoms with Gasteiger partial charge in [0, 0.05) is 25.9 Å². The number of hydrogen-bond acceptors (Lipinski definition) is 5. The summed E-state index contributed by atoms with van der Waals surface area (Å²) < 4.78 is 21.1. The van der Waals surface area contributed by atoms with Crippen molar-refractivity contribution in [3.05, 3.63) is 70.2 Å². The smallest absolute Gasteiger partial charge is 0.256 e. The molecule has 0 bridgehead atoms. The van der Waals surface area contributed by atoms with Crippen molar-refractivity contribution < 1.29 is 13.6 Å². The van der Waals surface area contributed by atoms with Crippen molar-refractivity contribution in [3.8, 4) is 11.5 Å². The van der Waals surface area contributed by atoms with E-state index in [9.17, 15) is 14.0 Å². The summed E-state index contributed by atoms with van der Waals surface area (Å²) in [5.41, 5.74) is 0.467. The van der Waals surface area contributed by atoms with E-state index in [2.05, 4.69) is 10.2 Å². The third-order valence-corrected chi connectivity index (χ3v) is 4.93. The number of halogens is 1. The molecular weight excluding hydrogens is 363 g/mol. The lowest BCUT2D eigenvalue weighted by Gasteiger charge is -2.33. The maximum atomic E-state index is 14.0. The maximum Gasteiger partial charge on any atom is 0.256 e. The number of carbonyl (C=O) groups is 1. The van der Waals surface area contributed by atoms with E-state index in [-0.39, 0.29) is 34.9 Å². The monoisotopic (exact) mass is 382 g/mol. The van der Waals surface area contributed by atoms with E-state index in [1.165, 1.54) is 29.0 Å². The minimum atomic E-state index is -0.445. The van der Waals surface area contributed by atoms with Gasteiger partial charge in [0.05, 0.1) is 11.1 Å². The minimum absolute atomic E-state index is 0.0909. The number of amides is 1. The van der Waals surface area contributed by atoms with E-state index < -0.39 is 5.82 Å². The van der Waals surface area contributed by atoms with Crippen LogP contribution in [0, 0.1) is 5.82 Å². The Morgan fingerprint density at radius 3 is 2.79 bits per heavy atom. The molecule has 3 aromatic rings. The summed E-state index contributed by atoms with van der Waals surface area (Å²) in [5.74, 6) is -0.269. The highest BCUT2D eigenvalue weighted by Gasteiger charge is 2.33. The molecule has 1 aliphatic heterocycles. The van der Waals surface area contributed by atoms with E-state index in [1.807, 2.05) is 0 Å². The molecule has 1 fully saturated rings. The van der Waals surface area contributed by atoms with Gasteiger partial charge in [0.1, 0.15) is 11.9 Å². The topological polar surface area (TPSA) is 81.2 Å². The van der Waals surface area contributed by atoms with Crippen molar-refractivity contribution in [1.82, 2.24) is 19.7 Å². The lowest BCUT2D eigenvalue weighted by molar-refractivity contribution is 0.0571. The Morgan fingerprint density at radius 2 is 2.00 bits per heavy atom. The van der Waals surface area contributed by atoms with E-state index in [0.717, 1.165) is 12.8 Å². The van der Waals surface area contributed by atoms with E-state index >= 15 is 0 Å². The first kappa shape index (κ1) is 18.1. The number of rotatable bonds is 3. The largest absolute Gasteiger partial charge is 0.418 e. The molecule has 7 nitrogen and oxygen atoms in total. The molecule has 3 heterocycles. The fraction of sp³-hybridized carbons (Fsp3) is 0.300. The van der Waals surface area contributed by atoms with Crippen molar-refractivity contribution >= 4 is 5.91 Å². The summed E-state index contributed by atoms with van der Waals surface area (Å²) in [6, 6.07) is 8.69. The summed E-state index contributed by atoms with van der Waals surface area (Å²) >= 11 is 0. The number of likely N-dealkylation sites (tertiary alicyclic amines) is 1. The summed E-state index contributed by atoms with van der Waals surface area (Å²) in [7, 11) is 1.60. The van der Waals surface area contributed by atoms with Gasteiger partial charge in [-0.25, -0.2) is 4.39 Å². The lowest BCUT2D eigenvalue weighted by atomic mass is 10.0. The van der Waals surface area contributed by atoms with Gasteiger partial charge in [-0.1, -0.05) is 12.1 Å². The molecule has 1 aromatic carbocycles. The first-order valence-corrected chi connectivity index (χ1v) is 9.10. The zero-order chi connectivity index (χ0) is 19.7. The maximum absolute atomic E-state index is 14.0. The molecule has 1 amide bonds. The Bertz CT molecular complexity index is 1080. The van der Waals surface area contributed by atoms with Crippen LogP contribution in [-0.4, -0.2) is 32.1 Å². The molecular formula is C20H19FN4O3. The average molecular weight is 382 g/mol. The molecule has 1 saturated heterocycles. The molecule has 0 unspecified atom stereocenters. The van der Waals surface area contributed by atoms with Crippen LogP contribution < -0.4 is 5.56 Å². The van der Waals surface area contributed by atoms with Crippen LogP contribution in [0.5, 0.6) is 0 Å². The average Bonchev–Trinajstić information content (AvgIpc) is 3.20. The second kappa shape index (κ2) is 7.38. The lowest BCUT2D eigenvalue weighted by Crippen LogP contribution is -2.39. The molecule has 1 aliphatic rings. The number of nitrogens with zero attached hydrogens (tertiary/aromatic N) is 4. The van der Waals surface area contributed by atoms with Gasteiger partial charge in [-0.15, -0.1) is 10.2 Å². The number of pyridine rings is 1. The third-order valence-electron chi connectivity index (χ3n) is 4.93. The van der Waals surface area contributed by atoms with Gasteiger partial charge in [0.25, 0.3) is 11.8 Å². The molecule has 28 heavy (non-hydrogen) atoms. The first-order valence-electron chi connectivity index (χ1n) is 9.10. The van der Waals surface area contributed by atoms with Crippen LogP contribution >= 0.6 is 0 Å². The molecule has 0 radical (unpaired) electrons. The molecule has 144 valence electrons. The van der Waals surface area contributed by atoms with Crippen molar-refractivity contribution in [2.75, 3.05) is 6.54 Å². The van der Waals surface area contributed by atoms with Crippen LogP contribution in [0.25, 0.3) is 11.5 Å². The van der Waals surface area contributed by atoms with Crippen molar-refractivity contribution in [1.29, 1.82) is 0 Å². The van der Waals surface area contributed by atoms with Gasteiger partial charge in [0.2, 0.25) is 11.4 Å². The molecule has 0 saturated carbocycles. The van der Waals surface area contributed by atoms with Crippen molar-refractivity contribution in [3.63, 3.8) is 0 Å². The molecule has 0 spiro atoms. The zero-order valence-electron chi connectivity index (χ0n) is 15.3. The SMILES string of the molecule is Cn1cc(C(=O)N2CCCC[C@H]2c2nnc(-c3ccccc3F)o2)ccc1=O. The number of carbonyl (C=O) groups excluding carboxylic acids is 1. The zero-order valence-corrected chi connectivity index (χ0v) is 15.3. The van der Waals surface area contributed by atoms with Gasteiger partial charge in [0.15, 0.2) is 0 Å². The van der Waals surface area contributed by atoms with Crippen LogP contribution in [0.15, 0.2) is 51.8 Å². The Labute approximate surface area is 160 Å². The summed E-state index contributed by atoms with van der Waals surface area (Å²) in [4.78, 5) is 26.3. The summed E-state index contributed by atoms with van der Waals surface area (Å²) in [5, 5.41) is 8.06. The minimum Gasteiger partial charge on any atom is -0.418 e. The Kier molecular flexibility index (Phi) is 4.77. The predicted octanol–water partition coefficient (Wildman–Crippen LogP) is 2.94. The van der Waals surface area contributed by atoms with E-state index in [0.29, 0.717) is 18.5 Å². The number of benzene rings is 1. The number of piperidine rings is 1. The number of aromatic nitrogens is 3. The van der Waals surface area contributed by atoms with Gasteiger partial charge < -0.3 is 13.9 Å². The van der Waals surface area contributed by atoms with E-state index in [1.54, 1.807) is 30.1 Å². The van der Waals surface area contributed by atoms with Crippen molar-refractivity contribution in [2.24, 2.45) is 7.05 Å². The Balaban J connectivity index is 1.64. The van der Waals surface area contributed by atoms with Gasteiger partial charge in [-0.05, 0) is 37.5 Å². The Morgan fingerprint density at radius 1 is 1.18 bits per heavy atom. The molecule has 8 heteroatoms. The first-order chi connectivity index (χ1) is 13.5. The highest BCUT2D eigenvalue weighted by atomic mass is 19.1. The highest BCUT2D eigenvalue weighted by molar-refractivity contribution is 5.94. The van der Waals surface area contributed by atoms with Crippen LogP contribution in [0.1, 0.15) is 41.6 Å².